The zero-order valence-corrected chi connectivity index (χ0v) is 20.0. The van der Waals surface area contributed by atoms with E-state index >= 15 is 0 Å². The maximum Gasteiger partial charge on any atom is 0.241 e. The second kappa shape index (κ2) is 10.4. The van der Waals surface area contributed by atoms with Gasteiger partial charge in [-0.3, -0.25) is 4.79 Å². The fraction of sp³-hybridized carbons (Fsp3) is 0.320. The molecule has 0 heterocycles. The molecule has 1 amide bonds. The predicted octanol–water partition coefficient (Wildman–Crippen LogP) is 2.87. The summed E-state index contributed by atoms with van der Waals surface area (Å²) in [5.74, 6) is -0.499. The number of sulfonamides is 1. The molecule has 0 radical (unpaired) electrons. The average molecular weight is 470 g/mol. The third-order valence-electron chi connectivity index (χ3n) is 5.12. The number of ether oxygens (including phenoxy) is 1. The molecule has 0 saturated heterocycles. The van der Waals surface area contributed by atoms with Gasteiger partial charge in [-0.15, -0.1) is 0 Å². The quantitative estimate of drug-likeness (QED) is 0.423. The molecule has 3 rings (SSSR count). The Morgan fingerprint density at radius 2 is 1.64 bits per heavy atom. The van der Waals surface area contributed by atoms with Crippen LogP contribution < -0.4 is 15.8 Å². The summed E-state index contributed by atoms with van der Waals surface area (Å²) in [4.78, 5) is 13.0. The monoisotopic (exact) mass is 469 g/mol. The molecular weight excluding hydrogens is 438 g/mol. The largest absolute Gasteiger partial charge is 0.375 e. The number of benzene rings is 3. The van der Waals surface area contributed by atoms with Gasteiger partial charge in [0.1, 0.15) is 6.04 Å². The number of nitrogens with one attached hydrogen (secondary N) is 2. The number of nitrogens with two attached hydrogens (primary N) is 1. The zero-order chi connectivity index (χ0) is 24.1. The molecule has 176 valence electrons. The number of carbonyl (C=O) groups is 1. The van der Waals surface area contributed by atoms with E-state index in [1.54, 1.807) is 38.1 Å². The number of rotatable bonds is 10. The summed E-state index contributed by atoms with van der Waals surface area (Å²) >= 11 is 0. The molecule has 33 heavy (non-hydrogen) atoms. The van der Waals surface area contributed by atoms with Gasteiger partial charge in [0.25, 0.3) is 0 Å². The highest BCUT2D eigenvalue weighted by Gasteiger charge is 2.28. The molecule has 4 N–H and O–H groups in total. The minimum absolute atomic E-state index is 0.115. The van der Waals surface area contributed by atoms with E-state index in [0.717, 1.165) is 16.5 Å². The third-order valence-corrected chi connectivity index (χ3v) is 6.65. The summed E-state index contributed by atoms with van der Waals surface area (Å²) in [6.45, 7) is 5.79. The van der Waals surface area contributed by atoms with Crippen LogP contribution in [0.25, 0.3) is 10.8 Å². The van der Waals surface area contributed by atoms with Gasteiger partial charge in [-0.1, -0.05) is 60.7 Å². The van der Waals surface area contributed by atoms with Gasteiger partial charge < -0.3 is 15.8 Å². The maximum absolute atomic E-state index is 13.3. The highest BCUT2D eigenvalue weighted by atomic mass is 32.2. The Morgan fingerprint density at radius 3 is 2.30 bits per heavy atom. The van der Waals surface area contributed by atoms with Gasteiger partial charge in [0, 0.05) is 17.5 Å². The first-order chi connectivity index (χ1) is 15.6. The van der Waals surface area contributed by atoms with Crippen LogP contribution in [-0.4, -0.2) is 39.1 Å². The maximum atomic E-state index is 13.3. The molecule has 0 aliphatic carbocycles. The predicted molar refractivity (Wildman–Crippen MR) is 130 cm³/mol. The van der Waals surface area contributed by atoms with Crippen LogP contribution in [0, 0.1) is 6.92 Å². The van der Waals surface area contributed by atoms with E-state index in [1.165, 1.54) is 0 Å². The Balaban J connectivity index is 1.83. The lowest BCUT2D eigenvalue weighted by Gasteiger charge is -2.23. The van der Waals surface area contributed by atoms with Gasteiger partial charge in [0.2, 0.25) is 15.9 Å². The summed E-state index contributed by atoms with van der Waals surface area (Å²) in [5.41, 5.74) is 7.22. The van der Waals surface area contributed by atoms with Crippen LogP contribution in [0.5, 0.6) is 0 Å². The summed E-state index contributed by atoms with van der Waals surface area (Å²) in [6.07, 6.45) is 0. The minimum Gasteiger partial charge on any atom is -0.375 e. The minimum atomic E-state index is -4.02. The van der Waals surface area contributed by atoms with Crippen molar-refractivity contribution in [1.82, 2.24) is 10.0 Å². The van der Waals surface area contributed by atoms with E-state index in [1.807, 2.05) is 49.4 Å². The SMILES string of the molecule is Cc1ccc(S(=O)(=O)N[C@@H](COCc2ccccc2)C(=O)NCC(C)(C)N)c2ccccc12. The molecule has 0 bridgehead atoms. The molecule has 1 atom stereocenters. The molecule has 3 aromatic carbocycles. The highest BCUT2D eigenvalue weighted by molar-refractivity contribution is 7.89. The first-order valence-corrected chi connectivity index (χ1v) is 12.2. The average Bonchev–Trinajstić information content (AvgIpc) is 2.77. The van der Waals surface area contributed by atoms with Crippen molar-refractivity contribution in [3.05, 3.63) is 77.9 Å². The van der Waals surface area contributed by atoms with Crippen molar-refractivity contribution in [2.75, 3.05) is 13.2 Å². The van der Waals surface area contributed by atoms with Crippen molar-refractivity contribution in [3.63, 3.8) is 0 Å². The van der Waals surface area contributed by atoms with Crippen molar-refractivity contribution < 1.29 is 17.9 Å². The van der Waals surface area contributed by atoms with Crippen LogP contribution in [-0.2, 0) is 26.2 Å². The molecule has 0 aromatic heterocycles. The van der Waals surface area contributed by atoms with Gasteiger partial charge in [0.05, 0.1) is 18.1 Å². The van der Waals surface area contributed by atoms with Gasteiger partial charge in [-0.25, -0.2) is 8.42 Å². The number of fused-ring (bicyclic) bond motifs is 1. The highest BCUT2D eigenvalue weighted by Crippen LogP contribution is 2.26. The van der Waals surface area contributed by atoms with Crippen LogP contribution in [0.3, 0.4) is 0 Å². The standard InChI is InChI=1S/C25H31N3O4S/c1-18-13-14-23(21-12-8-7-11-20(18)21)33(30,31)28-22(24(29)27-17-25(2,3)26)16-32-15-19-9-5-4-6-10-19/h4-14,22,28H,15-17,26H2,1-3H3,(H,27,29)/t22-/m0/s1. The molecule has 0 fully saturated rings. The number of amides is 1. The van der Waals surface area contributed by atoms with Crippen molar-refractivity contribution in [2.24, 2.45) is 5.73 Å². The van der Waals surface area contributed by atoms with E-state index in [0.29, 0.717) is 5.39 Å². The smallest absolute Gasteiger partial charge is 0.241 e. The van der Waals surface area contributed by atoms with Crippen LogP contribution in [0.15, 0.2) is 71.6 Å². The number of carbonyl (C=O) groups excluding carboxylic acids is 1. The molecule has 0 aliphatic rings. The third kappa shape index (κ3) is 6.85. The van der Waals surface area contributed by atoms with Crippen LogP contribution in [0.2, 0.25) is 0 Å². The Bertz CT molecular complexity index is 1210. The lowest BCUT2D eigenvalue weighted by Crippen LogP contribution is -2.53. The number of aryl methyl sites for hydroxylation is 1. The van der Waals surface area contributed by atoms with E-state index in [-0.39, 0.29) is 24.7 Å². The zero-order valence-electron chi connectivity index (χ0n) is 19.2. The van der Waals surface area contributed by atoms with Gasteiger partial charge in [-0.2, -0.15) is 4.72 Å². The van der Waals surface area contributed by atoms with Crippen molar-refractivity contribution in [1.29, 1.82) is 0 Å². The molecule has 3 aromatic rings. The van der Waals surface area contributed by atoms with Crippen LogP contribution in [0.4, 0.5) is 0 Å². The second-order valence-corrected chi connectivity index (χ2v) is 10.5. The lowest BCUT2D eigenvalue weighted by molar-refractivity contribution is -0.124. The summed E-state index contributed by atoms with van der Waals surface area (Å²) in [5, 5.41) is 4.16. The van der Waals surface area contributed by atoms with E-state index < -0.39 is 27.5 Å². The second-order valence-electron chi connectivity index (χ2n) is 8.81. The van der Waals surface area contributed by atoms with Crippen LogP contribution in [0.1, 0.15) is 25.0 Å². The van der Waals surface area contributed by atoms with E-state index in [9.17, 15) is 13.2 Å². The number of hydrogen-bond donors (Lipinski definition) is 3. The molecule has 0 spiro atoms. The fourth-order valence-corrected chi connectivity index (χ4v) is 4.77. The lowest BCUT2D eigenvalue weighted by atomic mass is 10.1. The first kappa shape index (κ1) is 24.9. The number of hydrogen-bond acceptors (Lipinski definition) is 5. The Morgan fingerprint density at radius 1 is 1.00 bits per heavy atom. The molecule has 0 unspecified atom stereocenters. The summed E-state index contributed by atoms with van der Waals surface area (Å²) in [6, 6.07) is 18.9. The van der Waals surface area contributed by atoms with Crippen LogP contribution >= 0.6 is 0 Å². The Hall–Kier alpha value is -2.78. The van der Waals surface area contributed by atoms with E-state index in [2.05, 4.69) is 10.0 Å². The first-order valence-electron chi connectivity index (χ1n) is 10.8. The Kier molecular flexibility index (Phi) is 7.86. The van der Waals surface area contributed by atoms with Crippen molar-refractivity contribution >= 4 is 26.7 Å². The summed E-state index contributed by atoms with van der Waals surface area (Å²) < 4.78 is 34.9. The fourth-order valence-electron chi connectivity index (χ4n) is 3.38. The van der Waals surface area contributed by atoms with Crippen molar-refractivity contribution in [3.8, 4) is 0 Å². The molecule has 0 aliphatic heterocycles. The Labute approximate surface area is 195 Å². The van der Waals surface area contributed by atoms with Gasteiger partial charge >= 0.3 is 0 Å². The molecule has 7 nitrogen and oxygen atoms in total. The summed E-state index contributed by atoms with van der Waals surface area (Å²) in [7, 11) is -4.02. The van der Waals surface area contributed by atoms with Crippen molar-refractivity contribution in [2.45, 2.75) is 43.9 Å². The molecular formula is C25H31N3O4S. The van der Waals surface area contributed by atoms with Gasteiger partial charge in [-0.05, 0) is 43.4 Å². The molecule has 0 saturated carbocycles. The topological polar surface area (TPSA) is 111 Å². The normalized spacial score (nSPS) is 13.1. The van der Waals surface area contributed by atoms with Gasteiger partial charge in [0.15, 0.2) is 0 Å². The van der Waals surface area contributed by atoms with E-state index in [4.69, 9.17) is 10.5 Å². The molecule has 8 heteroatoms.